The van der Waals surface area contributed by atoms with Gasteiger partial charge in [-0.3, -0.25) is 0 Å². The van der Waals surface area contributed by atoms with Crippen molar-refractivity contribution in [3.8, 4) is 17.6 Å². The number of nitriles is 1. The van der Waals surface area contributed by atoms with Crippen LogP contribution in [-0.2, 0) is 10.1 Å². The number of ether oxygens (including phenoxy) is 1. The second kappa shape index (κ2) is 6.03. The zero-order valence-electron chi connectivity index (χ0n) is 11.8. The van der Waals surface area contributed by atoms with Crippen molar-refractivity contribution in [1.82, 2.24) is 0 Å². The number of methoxy groups -OCH3 is 1. The molecule has 0 saturated carbocycles. The molecule has 0 spiro atoms. The molecule has 0 fully saturated rings. The number of rotatable bonds is 4. The molecule has 2 aromatic carbocycles. The van der Waals surface area contributed by atoms with E-state index in [2.05, 4.69) is 0 Å². The van der Waals surface area contributed by atoms with Crippen molar-refractivity contribution in [2.24, 2.45) is 0 Å². The van der Waals surface area contributed by atoms with Gasteiger partial charge >= 0.3 is 10.1 Å². The Morgan fingerprint density at radius 1 is 1.14 bits per heavy atom. The van der Waals surface area contributed by atoms with E-state index in [1.54, 1.807) is 0 Å². The Hall–Kier alpha value is -2.59. The fraction of sp³-hybridized carbons (Fsp3) is 0.133. The molecule has 0 aliphatic rings. The molecular weight excluding hydrogens is 309 g/mol. The van der Waals surface area contributed by atoms with Gasteiger partial charge < -0.3 is 8.92 Å². The largest absolute Gasteiger partial charge is 0.493 e. The van der Waals surface area contributed by atoms with Crippen LogP contribution in [-0.4, -0.2) is 15.5 Å². The van der Waals surface area contributed by atoms with Crippen LogP contribution in [0.5, 0.6) is 11.5 Å². The molecule has 7 heteroatoms. The van der Waals surface area contributed by atoms with E-state index in [1.165, 1.54) is 38.3 Å². The van der Waals surface area contributed by atoms with Crippen LogP contribution in [0.4, 0.5) is 4.39 Å². The molecule has 0 aliphatic heterocycles. The van der Waals surface area contributed by atoms with Crippen molar-refractivity contribution in [2.75, 3.05) is 7.11 Å². The van der Waals surface area contributed by atoms with Crippen LogP contribution < -0.4 is 8.92 Å². The third-order valence-electron chi connectivity index (χ3n) is 2.91. The SMILES string of the molecule is COc1cc(C#N)ccc1OS(=O)(=O)c1cc(F)ccc1C. The lowest BCUT2D eigenvalue weighted by atomic mass is 10.2. The molecule has 114 valence electrons. The normalized spacial score (nSPS) is 10.8. The van der Waals surface area contributed by atoms with E-state index in [4.69, 9.17) is 14.2 Å². The van der Waals surface area contributed by atoms with Gasteiger partial charge in [0.1, 0.15) is 10.7 Å². The van der Waals surface area contributed by atoms with Crippen molar-refractivity contribution in [1.29, 1.82) is 5.26 Å². The molecule has 2 aromatic rings. The van der Waals surface area contributed by atoms with Gasteiger partial charge in [-0.25, -0.2) is 4.39 Å². The highest BCUT2D eigenvalue weighted by atomic mass is 32.2. The summed E-state index contributed by atoms with van der Waals surface area (Å²) < 4.78 is 47.9. The first-order valence-corrected chi connectivity index (χ1v) is 7.57. The molecule has 0 radical (unpaired) electrons. The summed E-state index contributed by atoms with van der Waals surface area (Å²) in [5.74, 6) is -0.665. The second-order valence-corrected chi connectivity index (χ2v) is 5.94. The molecule has 0 heterocycles. The Morgan fingerprint density at radius 3 is 2.50 bits per heavy atom. The summed E-state index contributed by atoms with van der Waals surface area (Å²) in [6, 6.07) is 9.36. The monoisotopic (exact) mass is 321 g/mol. The molecule has 2 rings (SSSR count). The van der Waals surface area contributed by atoms with E-state index < -0.39 is 15.9 Å². The van der Waals surface area contributed by atoms with Crippen molar-refractivity contribution in [3.05, 3.63) is 53.3 Å². The molecule has 0 amide bonds. The zero-order chi connectivity index (χ0) is 16.3. The summed E-state index contributed by atoms with van der Waals surface area (Å²) in [7, 11) is -2.90. The maximum absolute atomic E-state index is 13.3. The molecule has 22 heavy (non-hydrogen) atoms. The average Bonchev–Trinajstić information content (AvgIpc) is 2.49. The van der Waals surface area contributed by atoms with Crippen molar-refractivity contribution < 1.29 is 21.7 Å². The second-order valence-electron chi connectivity index (χ2n) is 4.42. The first-order chi connectivity index (χ1) is 10.4. The number of hydrogen-bond donors (Lipinski definition) is 0. The Bertz CT molecular complexity index is 856. The predicted octanol–water partition coefficient (Wildman–Crippen LogP) is 2.78. The number of hydrogen-bond acceptors (Lipinski definition) is 5. The van der Waals surface area contributed by atoms with Gasteiger partial charge in [0.05, 0.1) is 18.7 Å². The topological polar surface area (TPSA) is 76.4 Å². The smallest absolute Gasteiger partial charge is 0.339 e. The van der Waals surface area contributed by atoms with Crippen LogP contribution in [0.1, 0.15) is 11.1 Å². The highest BCUT2D eigenvalue weighted by Crippen LogP contribution is 2.31. The van der Waals surface area contributed by atoms with Crippen LogP contribution in [0.25, 0.3) is 0 Å². The molecule has 0 unspecified atom stereocenters. The minimum atomic E-state index is -4.22. The van der Waals surface area contributed by atoms with Gasteiger partial charge in [-0.2, -0.15) is 13.7 Å². The van der Waals surface area contributed by atoms with Crippen LogP contribution in [0, 0.1) is 24.1 Å². The van der Waals surface area contributed by atoms with E-state index in [-0.39, 0.29) is 16.4 Å². The van der Waals surface area contributed by atoms with Crippen molar-refractivity contribution >= 4 is 10.1 Å². The molecule has 5 nitrogen and oxygen atoms in total. The lowest BCUT2D eigenvalue weighted by molar-refractivity contribution is 0.390. The summed E-state index contributed by atoms with van der Waals surface area (Å²) in [6.45, 7) is 1.53. The lowest BCUT2D eigenvalue weighted by Gasteiger charge is -2.12. The Labute approximate surface area is 127 Å². The minimum absolute atomic E-state index is 0.0786. The fourth-order valence-electron chi connectivity index (χ4n) is 1.81. The van der Waals surface area contributed by atoms with Crippen LogP contribution >= 0.6 is 0 Å². The van der Waals surface area contributed by atoms with Gasteiger partial charge in [-0.05, 0) is 36.8 Å². The maximum Gasteiger partial charge on any atom is 0.339 e. The molecule has 0 aliphatic carbocycles. The minimum Gasteiger partial charge on any atom is -0.493 e. The quantitative estimate of drug-likeness (QED) is 0.809. The Balaban J connectivity index is 2.45. The van der Waals surface area contributed by atoms with E-state index in [9.17, 15) is 12.8 Å². The van der Waals surface area contributed by atoms with Crippen LogP contribution in [0.2, 0.25) is 0 Å². The van der Waals surface area contributed by atoms with Gasteiger partial charge in [0.25, 0.3) is 0 Å². The molecule has 0 saturated heterocycles. The van der Waals surface area contributed by atoms with E-state index in [0.717, 1.165) is 12.1 Å². The standard InChI is InChI=1S/C15H12FNO4S/c1-10-3-5-12(16)8-15(10)22(18,19)21-13-6-4-11(9-17)7-14(13)20-2/h3-8H,1-2H3. The zero-order valence-corrected chi connectivity index (χ0v) is 12.6. The van der Waals surface area contributed by atoms with Gasteiger partial charge in [0.15, 0.2) is 11.5 Å². The average molecular weight is 321 g/mol. The van der Waals surface area contributed by atoms with Crippen molar-refractivity contribution in [2.45, 2.75) is 11.8 Å². The molecule has 0 atom stereocenters. The highest BCUT2D eigenvalue weighted by molar-refractivity contribution is 7.87. The summed E-state index contributed by atoms with van der Waals surface area (Å²) in [6.07, 6.45) is 0. The summed E-state index contributed by atoms with van der Waals surface area (Å²) in [4.78, 5) is -0.265. The van der Waals surface area contributed by atoms with E-state index in [0.29, 0.717) is 11.1 Å². The number of nitrogens with zero attached hydrogens (tertiary/aromatic N) is 1. The van der Waals surface area contributed by atoms with Crippen LogP contribution in [0.3, 0.4) is 0 Å². The van der Waals surface area contributed by atoms with Gasteiger partial charge in [-0.15, -0.1) is 0 Å². The molecule has 0 N–H and O–H groups in total. The van der Waals surface area contributed by atoms with Gasteiger partial charge in [0.2, 0.25) is 0 Å². The lowest BCUT2D eigenvalue weighted by Crippen LogP contribution is -2.12. The highest BCUT2D eigenvalue weighted by Gasteiger charge is 2.22. The Morgan fingerprint density at radius 2 is 1.86 bits per heavy atom. The number of aryl methyl sites for hydroxylation is 1. The summed E-state index contributed by atoms with van der Waals surface area (Å²) in [5, 5.41) is 8.82. The molecular formula is C15H12FNO4S. The fourth-order valence-corrected chi connectivity index (χ4v) is 3.00. The Kier molecular flexibility index (Phi) is 4.33. The summed E-state index contributed by atoms with van der Waals surface area (Å²) >= 11 is 0. The third kappa shape index (κ3) is 3.18. The predicted molar refractivity (Wildman–Crippen MR) is 76.7 cm³/mol. The third-order valence-corrected chi connectivity index (χ3v) is 4.29. The molecule has 0 bridgehead atoms. The first kappa shape index (κ1) is 15.8. The van der Waals surface area contributed by atoms with Crippen molar-refractivity contribution in [3.63, 3.8) is 0 Å². The number of halogens is 1. The molecule has 0 aromatic heterocycles. The van der Waals surface area contributed by atoms with E-state index >= 15 is 0 Å². The van der Waals surface area contributed by atoms with E-state index in [1.807, 2.05) is 6.07 Å². The van der Waals surface area contributed by atoms with Crippen LogP contribution in [0.15, 0.2) is 41.3 Å². The summed E-state index contributed by atoms with van der Waals surface area (Å²) in [5.41, 5.74) is 0.651. The number of benzene rings is 2. The van der Waals surface area contributed by atoms with Gasteiger partial charge in [-0.1, -0.05) is 6.07 Å². The first-order valence-electron chi connectivity index (χ1n) is 6.16. The maximum atomic E-state index is 13.3. The van der Waals surface area contributed by atoms with Gasteiger partial charge in [0, 0.05) is 6.07 Å².